The van der Waals surface area contributed by atoms with Crippen LogP contribution in [0.15, 0.2) is 6.20 Å². The Hall–Kier alpha value is -1.23. The molecule has 0 radical (unpaired) electrons. The molecule has 0 saturated heterocycles. The van der Waals surface area contributed by atoms with Crippen LogP contribution in [0.25, 0.3) is 0 Å². The second-order valence-corrected chi connectivity index (χ2v) is 3.53. The van der Waals surface area contributed by atoms with Crippen molar-refractivity contribution in [3.63, 3.8) is 0 Å². The molecule has 6 heteroatoms. The molecule has 0 atom stereocenters. The highest BCUT2D eigenvalue weighted by Crippen LogP contribution is 2.31. The third-order valence-corrected chi connectivity index (χ3v) is 2.57. The number of ether oxygens (including phenoxy) is 1. The molecule has 0 aromatic carbocycles. The van der Waals surface area contributed by atoms with Gasteiger partial charge in [0.25, 0.3) is 6.43 Å². The highest BCUT2D eigenvalue weighted by Gasteiger charge is 2.21. The number of halogens is 3. The monoisotopic (exact) mass is 249 g/mol. The first kappa shape index (κ1) is 12.8. The average Bonchev–Trinajstić information content (AvgIpc) is 2.23. The van der Waals surface area contributed by atoms with E-state index in [1.807, 2.05) is 0 Å². The molecular weight excluding hydrogens is 240 g/mol. The summed E-state index contributed by atoms with van der Waals surface area (Å²) in [4.78, 5) is 14.9. The van der Waals surface area contributed by atoms with Gasteiger partial charge in [-0.3, -0.25) is 9.78 Å². The van der Waals surface area contributed by atoms with E-state index in [1.54, 1.807) is 0 Å². The molecule has 0 N–H and O–H groups in total. The topological polar surface area (TPSA) is 39.2 Å². The van der Waals surface area contributed by atoms with Gasteiger partial charge in [-0.2, -0.15) is 0 Å². The lowest BCUT2D eigenvalue weighted by Crippen LogP contribution is -2.09. The van der Waals surface area contributed by atoms with Crippen molar-refractivity contribution in [1.29, 1.82) is 0 Å². The largest absolute Gasteiger partial charge is 0.469 e. The fourth-order valence-corrected chi connectivity index (χ4v) is 1.49. The quantitative estimate of drug-likeness (QED) is 0.773. The zero-order chi connectivity index (χ0) is 12.3. The molecule has 88 valence electrons. The van der Waals surface area contributed by atoms with E-state index >= 15 is 0 Å². The van der Waals surface area contributed by atoms with Crippen LogP contribution in [-0.2, 0) is 16.0 Å². The number of alkyl halides is 2. The number of nitrogens with zero attached hydrogens (tertiary/aromatic N) is 1. The summed E-state index contributed by atoms with van der Waals surface area (Å²) in [7, 11) is 1.19. The van der Waals surface area contributed by atoms with Crippen LogP contribution in [0.2, 0.25) is 5.02 Å². The second-order valence-electron chi connectivity index (χ2n) is 3.15. The Balaban J connectivity index is 3.18. The molecule has 1 aromatic heterocycles. The van der Waals surface area contributed by atoms with Gasteiger partial charge in [0.2, 0.25) is 0 Å². The van der Waals surface area contributed by atoms with Gasteiger partial charge in [-0.25, -0.2) is 8.78 Å². The molecular formula is C10H10ClF2NO2. The number of rotatable bonds is 3. The fraction of sp³-hybridized carbons (Fsp3) is 0.400. The van der Waals surface area contributed by atoms with Crippen LogP contribution in [0.1, 0.15) is 23.2 Å². The molecule has 3 nitrogen and oxygen atoms in total. The van der Waals surface area contributed by atoms with E-state index < -0.39 is 12.4 Å². The zero-order valence-electron chi connectivity index (χ0n) is 8.76. The number of aromatic nitrogens is 1. The van der Waals surface area contributed by atoms with Gasteiger partial charge in [-0.1, -0.05) is 11.6 Å². The SMILES string of the molecule is COC(=O)Cc1cnc(C)c(Cl)c1C(F)F. The summed E-state index contributed by atoms with van der Waals surface area (Å²) in [5, 5.41) is -0.101. The number of methoxy groups -OCH3 is 1. The molecule has 0 fully saturated rings. The number of carbonyl (C=O) groups is 1. The average molecular weight is 250 g/mol. The number of pyridine rings is 1. The van der Waals surface area contributed by atoms with Crippen LogP contribution in [0, 0.1) is 6.92 Å². The maximum atomic E-state index is 12.8. The normalized spacial score (nSPS) is 10.6. The Labute approximate surface area is 96.4 Å². The van der Waals surface area contributed by atoms with Gasteiger partial charge in [0, 0.05) is 11.8 Å². The zero-order valence-corrected chi connectivity index (χ0v) is 9.52. The Kier molecular flexibility index (Phi) is 4.18. The second kappa shape index (κ2) is 5.21. The lowest BCUT2D eigenvalue weighted by Gasteiger charge is -2.11. The fourth-order valence-electron chi connectivity index (χ4n) is 1.24. The Morgan fingerprint density at radius 3 is 2.75 bits per heavy atom. The third kappa shape index (κ3) is 2.66. The van der Waals surface area contributed by atoms with Crippen LogP contribution >= 0.6 is 11.6 Å². The van der Waals surface area contributed by atoms with E-state index in [4.69, 9.17) is 11.6 Å². The predicted molar refractivity (Wildman–Crippen MR) is 54.7 cm³/mol. The molecule has 1 aromatic rings. The van der Waals surface area contributed by atoms with Crippen LogP contribution in [0.3, 0.4) is 0 Å². The van der Waals surface area contributed by atoms with Crippen LogP contribution in [0.5, 0.6) is 0 Å². The molecule has 0 unspecified atom stereocenters. The standard InChI is InChI=1S/C10H10ClF2NO2/c1-5-9(11)8(10(12)13)6(4-14-5)3-7(15)16-2/h4,10H,3H2,1-2H3. The molecule has 0 bridgehead atoms. The molecule has 1 rings (SSSR count). The lowest BCUT2D eigenvalue weighted by molar-refractivity contribution is -0.139. The lowest BCUT2D eigenvalue weighted by atomic mass is 10.1. The number of carbonyl (C=O) groups excluding carboxylic acids is 1. The summed E-state index contributed by atoms with van der Waals surface area (Å²) >= 11 is 5.73. The Bertz CT molecular complexity index is 410. The number of hydrogen-bond acceptors (Lipinski definition) is 3. The van der Waals surface area contributed by atoms with Crippen molar-refractivity contribution in [3.05, 3.63) is 28.0 Å². The molecule has 16 heavy (non-hydrogen) atoms. The minimum atomic E-state index is -2.74. The van der Waals surface area contributed by atoms with Gasteiger partial charge in [0.05, 0.1) is 24.2 Å². The summed E-state index contributed by atoms with van der Waals surface area (Å²) < 4.78 is 29.9. The van der Waals surface area contributed by atoms with Crippen LogP contribution in [0.4, 0.5) is 8.78 Å². The maximum Gasteiger partial charge on any atom is 0.310 e. The maximum absolute atomic E-state index is 12.8. The van der Waals surface area contributed by atoms with E-state index in [2.05, 4.69) is 9.72 Å². The first-order valence-electron chi connectivity index (χ1n) is 4.46. The molecule has 0 spiro atoms. The van der Waals surface area contributed by atoms with Crippen molar-refractivity contribution < 1.29 is 18.3 Å². The minimum absolute atomic E-state index is 0.0949. The van der Waals surface area contributed by atoms with Gasteiger partial charge in [-0.05, 0) is 12.5 Å². The van der Waals surface area contributed by atoms with E-state index in [0.29, 0.717) is 5.69 Å². The van der Waals surface area contributed by atoms with Crippen molar-refractivity contribution in [2.45, 2.75) is 19.8 Å². The van der Waals surface area contributed by atoms with Crippen molar-refractivity contribution in [2.24, 2.45) is 0 Å². The Morgan fingerprint density at radius 1 is 1.62 bits per heavy atom. The summed E-state index contributed by atoms with van der Waals surface area (Å²) in [5.74, 6) is -0.608. The molecule has 1 heterocycles. The number of hydrogen-bond donors (Lipinski definition) is 0. The highest BCUT2D eigenvalue weighted by atomic mass is 35.5. The van der Waals surface area contributed by atoms with Crippen molar-refractivity contribution >= 4 is 17.6 Å². The first-order chi connectivity index (χ1) is 7.47. The summed E-state index contributed by atoms with van der Waals surface area (Å²) in [6.07, 6.45) is -1.78. The smallest absolute Gasteiger partial charge is 0.310 e. The van der Waals surface area contributed by atoms with E-state index in [9.17, 15) is 13.6 Å². The van der Waals surface area contributed by atoms with Gasteiger partial charge in [0.15, 0.2) is 0 Å². The van der Waals surface area contributed by atoms with Crippen molar-refractivity contribution in [3.8, 4) is 0 Å². The molecule has 0 aliphatic carbocycles. The third-order valence-electron chi connectivity index (χ3n) is 2.09. The Morgan fingerprint density at radius 2 is 2.25 bits per heavy atom. The van der Waals surface area contributed by atoms with Crippen LogP contribution in [-0.4, -0.2) is 18.1 Å². The molecule has 0 saturated carbocycles. The van der Waals surface area contributed by atoms with Crippen molar-refractivity contribution in [1.82, 2.24) is 4.98 Å². The predicted octanol–water partition coefficient (Wildman–Crippen LogP) is 2.70. The van der Waals surface area contributed by atoms with Gasteiger partial charge in [0.1, 0.15) is 0 Å². The number of esters is 1. The summed E-state index contributed by atoms with van der Waals surface area (Å²) in [5.41, 5.74) is 0.0580. The van der Waals surface area contributed by atoms with Crippen molar-refractivity contribution in [2.75, 3.05) is 7.11 Å². The van der Waals surface area contributed by atoms with Gasteiger partial charge < -0.3 is 4.74 Å². The summed E-state index contributed by atoms with van der Waals surface area (Å²) in [6, 6.07) is 0. The molecule has 0 aliphatic rings. The number of aryl methyl sites for hydroxylation is 1. The molecule has 0 amide bonds. The van der Waals surface area contributed by atoms with Crippen LogP contribution < -0.4 is 0 Å². The van der Waals surface area contributed by atoms with E-state index in [0.717, 1.165) is 0 Å². The summed E-state index contributed by atoms with van der Waals surface area (Å²) in [6.45, 7) is 1.52. The van der Waals surface area contributed by atoms with Gasteiger partial charge in [-0.15, -0.1) is 0 Å². The first-order valence-corrected chi connectivity index (χ1v) is 4.84. The van der Waals surface area contributed by atoms with E-state index in [-0.39, 0.29) is 22.6 Å². The molecule has 0 aliphatic heterocycles. The van der Waals surface area contributed by atoms with E-state index in [1.165, 1.54) is 20.2 Å². The minimum Gasteiger partial charge on any atom is -0.469 e. The van der Waals surface area contributed by atoms with Gasteiger partial charge >= 0.3 is 5.97 Å². The highest BCUT2D eigenvalue weighted by molar-refractivity contribution is 6.32.